The molecule has 0 aromatic heterocycles. The van der Waals surface area contributed by atoms with Crippen LogP contribution in [-0.4, -0.2) is 18.3 Å². The Morgan fingerprint density at radius 3 is 2.50 bits per heavy atom. The molecular weight excluding hydrogens is 302 g/mol. The standard InChI is InChI=1S/C16H17NO4S/c1-3-15(22(18,19)20)17-12-8-4-5-9-13(12)21-14-10-6-7-11(2)16(14)17/h4-10,15H,3H2,1-2H3,(H,18,19,20). The van der Waals surface area contributed by atoms with E-state index in [1.807, 2.05) is 31.2 Å². The van der Waals surface area contributed by atoms with Gasteiger partial charge in [-0.15, -0.1) is 0 Å². The number of ether oxygens (including phenoxy) is 1. The average Bonchev–Trinajstić information content (AvgIpc) is 2.46. The van der Waals surface area contributed by atoms with Crippen molar-refractivity contribution in [1.82, 2.24) is 0 Å². The Morgan fingerprint density at radius 2 is 1.82 bits per heavy atom. The maximum Gasteiger partial charge on any atom is 0.286 e. The Labute approximate surface area is 129 Å². The summed E-state index contributed by atoms with van der Waals surface area (Å²) >= 11 is 0. The zero-order valence-electron chi connectivity index (χ0n) is 12.4. The number of benzene rings is 2. The molecule has 0 saturated carbocycles. The molecule has 1 aliphatic rings. The SMILES string of the molecule is CCC(N1c2ccccc2Oc2cccc(C)c21)S(=O)(=O)O. The Balaban J connectivity index is 2.29. The minimum absolute atomic E-state index is 0.251. The average molecular weight is 319 g/mol. The van der Waals surface area contributed by atoms with Crippen LogP contribution in [0, 0.1) is 6.92 Å². The van der Waals surface area contributed by atoms with E-state index in [0.717, 1.165) is 5.56 Å². The lowest BCUT2D eigenvalue weighted by atomic mass is 10.1. The van der Waals surface area contributed by atoms with Crippen LogP contribution >= 0.6 is 0 Å². The summed E-state index contributed by atoms with van der Waals surface area (Å²) in [6.45, 7) is 3.62. The smallest absolute Gasteiger partial charge is 0.286 e. The molecule has 1 N–H and O–H groups in total. The number of aryl methyl sites for hydroxylation is 1. The van der Waals surface area contributed by atoms with Gasteiger partial charge in [0, 0.05) is 0 Å². The van der Waals surface area contributed by atoms with E-state index in [-0.39, 0.29) is 6.42 Å². The molecule has 1 aliphatic heterocycles. The fourth-order valence-electron chi connectivity index (χ4n) is 2.83. The van der Waals surface area contributed by atoms with E-state index in [0.29, 0.717) is 22.9 Å². The fourth-order valence-corrected chi connectivity index (χ4v) is 3.74. The van der Waals surface area contributed by atoms with Crippen LogP contribution in [0.15, 0.2) is 42.5 Å². The summed E-state index contributed by atoms with van der Waals surface area (Å²) in [5.41, 5.74) is 2.19. The van der Waals surface area contributed by atoms with E-state index in [2.05, 4.69) is 0 Å². The molecule has 0 aliphatic carbocycles. The van der Waals surface area contributed by atoms with Gasteiger partial charge in [-0.2, -0.15) is 8.42 Å². The third-order valence-electron chi connectivity index (χ3n) is 3.77. The zero-order chi connectivity index (χ0) is 15.9. The first-order chi connectivity index (χ1) is 10.4. The largest absolute Gasteiger partial charge is 0.453 e. The van der Waals surface area contributed by atoms with E-state index in [1.54, 1.807) is 30.0 Å². The molecule has 116 valence electrons. The number of para-hydroxylation sites is 3. The van der Waals surface area contributed by atoms with Gasteiger partial charge in [0.05, 0.1) is 11.4 Å². The number of anilines is 2. The third kappa shape index (κ3) is 2.34. The van der Waals surface area contributed by atoms with Crippen molar-refractivity contribution in [1.29, 1.82) is 0 Å². The van der Waals surface area contributed by atoms with Gasteiger partial charge in [-0.3, -0.25) is 4.55 Å². The van der Waals surface area contributed by atoms with Crippen LogP contribution < -0.4 is 9.64 Å². The molecule has 3 rings (SSSR count). The van der Waals surface area contributed by atoms with Gasteiger partial charge in [-0.25, -0.2) is 0 Å². The van der Waals surface area contributed by atoms with Crippen LogP contribution in [0.1, 0.15) is 18.9 Å². The number of hydrogen-bond acceptors (Lipinski definition) is 4. The van der Waals surface area contributed by atoms with Gasteiger partial charge in [0.25, 0.3) is 10.1 Å². The summed E-state index contributed by atoms with van der Waals surface area (Å²) in [6, 6.07) is 12.8. The summed E-state index contributed by atoms with van der Waals surface area (Å²) in [5, 5.41) is -1.06. The second-order valence-corrected chi connectivity index (χ2v) is 6.81. The molecular formula is C16H17NO4S. The van der Waals surface area contributed by atoms with Crippen molar-refractivity contribution in [3.8, 4) is 11.5 Å². The first kappa shape index (κ1) is 14.9. The van der Waals surface area contributed by atoms with Crippen LogP contribution in [-0.2, 0) is 10.1 Å². The van der Waals surface area contributed by atoms with E-state index < -0.39 is 15.5 Å². The Morgan fingerprint density at radius 1 is 1.14 bits per heavy atom. The van der Waals surface area contributed by atoms with Crippen LogP contribution in [0.3, 0.4) is 0 Å². The lowest BCUT2D eigenvalue weighted by Gasteiger charge is -2.37. The zero-order valence-corrected chi connectivity index (χ0v) is 13.2. The highest BCUT2D eigenvalue weighted by atomic mass is 32.2. The van der Waals surface area contributed by atoms with Gasteiger partial charge in [0.2, 0.25) is 0 Å². The van der Waals surface area contributed by atoms with Crippen molar-refractivity contribution in [3.05, 3.63) is 48.0 Å². The normalized spacial score (nSPS) is 14.8. The number of fused-ring (bicyclic) bond motifs is 2. The highest BCUT2D eigenvalue weighted by molar-refractivity contribution is 7.86. The number of hydrogen-bond donors (Lipinski definition) is 1. The van der Waals surface area contributed by atoms with E-state index >= 15 is 0 Å². The van der Waals surface area contributed by atoms with Crippen molar-refractivity contribution >= 4 is 21.5 Å². The molecule has 1 heterocycles. The van der Waals surface area contributed by atoms with Gasteiger partial charge in [0.15, 0.2) is 16.9 Å². The molecule has 0 bridgehead atoms. The van der Waals surface area contributed by atoms with Crippen molar-refractivity contribution in [2.75, 3.05) is 4.90 Å². The van der Waals surface area contributed by atoms with Gasteiger partial charge in [0.1, 0.15) is 0 Å². The Hall–Kier alpha value is -2.05. The first-order valence-corrected chi connectivity index (χ1v) is 8.56. The molecule has 2 aromatic rings. The molecule has 22 heavy (non-hydrogen) atoms. The van der Waals surface area contributed by atoms with Crippen LogP contribution in [0.2, 0.25) is 0 Å². The summed E-state index contributed by atoms with van der Waals surface area (Å²) in [6.07, 6.45) is 0.251. The predicted octanol–water partition coefficient (Wildman–Crippen LogP) is 3.86. The summed E-state index contributed by atoms with van der Waals surface area (Å²) < 4.78 is 39.3. The molecule has 0 saturated heterocycles. The minimum Gasteiger partial charge on any atom is -0.453 e. The van der Waals surface area contributed by atoms with E-state index in [1.165, 1.54) is 0 Å². The van der Waals surface area contributed by atoms with Gasteiger partial charge in [-0.05, 0) is 37.1 Å². The quantitative estimate of drug-likeness (QED) is 0.870. The monoisotopic (exact) mass is 319 g/mol. The van der Waals surface area contributed by atoms with Crippen LogP contribution in [0.25, 0.3) is 0 Å². The Bertz CT molecular complexity index is 817. The predicted molar refractivity (Wildman–Crippen MR) is 85.5 cm³/mol. The number of rotatable bonds is 3. The molecule has 1 atom stereocenters. The highest BCUT2D eigenvalue weighted by Crippen LogP contribution is 2.49. The maximum atomic E-state index is 11.9. The molecule has 0 spiro atoms. The summed E-state index contributed by atoms with van der Waals surface area (Å²) in [5.74, 6) is 1.16. The van der Waals surface area contributed by atoms with Crippen LogP contribution in [0.5, 0.6) is 11.5 Å². The lowest BCUT2D eigenvalue weighted by Crippen LogP contribution is -2.39. The van der Waals surface area contributed by atoms with Gasteiger partial charge < -0.3 is 9.64 Å². The molecule has 5 nitrogen and oxygen atoms in total. The fraction of sp³-hybridized carbons (Fsp3) is 0.250. The molecule has 2 aromatic carbocycles. The Kier molecular flexibility index (Phi) is 3.58. The maximum absolute atomic E-state index is 11.9. The highest BCUT2D eigenvalue weighted by Gasteiger charge is 2.36. The number of nitrogens with zero attached hydrogens (tertiary/aromatic N) is 1. The molecule has 0 radical (unpaired) electrons. The van der Waals surface area contributed by atoms with Crippen molar-refractivity contribution in [2.45, 2.75) is 25.6 Å². The second kappa shape index (κ2) is 5.30. The van der Waals surface area contributed by atoms with Crippen molar-refractivity contribution < 1.29 is 17.7 Å². The summed E-state index contributed by atoms with van der Waals surface area (Å²) in [7, 11) is -4.25. The van der Waals surface area contributed by atoms with Gasteiger partial charge >= 0.3 is 0 Å². The van der Waals surface area contributed by atoms with Crippen LogP contribution in [0.4, 0.5) is 11.4 Å². The molecule has 1 unspecified atom stereocenters. The van der Waals surface area contributed by atoms with E-state index in [4.69, 9.17) is 4.74 Å². The minimum atomic E-state index is -4.25. The van der Waals surface area contributed by atoms with Gasteiger partial charge in [-0.1, -0.05) is 31.2 Å². The molecule has 0 fully saturated rings. The van der Waals surface area contributed by atoms with Crippen molar-refractivity contribution in [3.63, 3.8) is 0 Å². The molecule has 0 amide bonds. The molecule has 6 heteroatoms. The lowest BCUT2D eigenvalue weighted by molar-refractivity contribution is 0.451. The first-order valence-electron chi connectivity index (χ1n) is 7.05. The van der Waals surface area contributed by atoms with Crippen molar-refractivity contribution in [2.24, 2.45) is 0 Å². The van der Waals surface area contributed by atoms with E-state index in [9.17, 15) is 13.0 Å². The third-order valence-corrected chi connectivity index (χ3v) is 5.00. The second-order valence-electron chi connectivity index (χ2n) is 5.24. The topological polar surface area (TPSA) is 66.8 Å². The summed E-state index contributed by atoms with van der Waals surface area (Å²) in [4.78, 5) is 1.65.